The Labute approximate surface area is 197 Å². The van der Waals surface area contributed by atoms with Gasteiger partial charge in [-0.1, -0.05) is 0 Å². The first-order valence-electron chi connectivity index (χ1n) is 12.2. The molecule has 4 amide bonds. The summed E-state index contributed by atoms with van der Waals surface area (Å²) in [5, 5.41) is 3.80. The minimum absolute atomic E-state index is 0.138. The van der Waals surface area contributed by atoms with Crippen molar-refractivity contribution in [2.24, 2.45) is 0 Å². The predicted molar refractivity (Wildman–Crippen MR) is 120 cm³/mol. The Balaban J connectivity index is 1.20. The van der Waals surface area contributed by atoms with Gasteiger partial charge in [-0.15, -0.1) is 0 Å². The van der Waals surface area contributed by atoms with Gasteiger partial charge in [0.1, 0.15) is 25.3 Å². The lowest BCUT2D eigenvalue weighted by molar-refractivity contribution is -0.680. The van der Waals surface area contributed by atoms with Crippen molar-refractivity contribution in [3.8, 4) is 0 Å². The quantitative estimate of drug-likeness (QED) is 0.441. The number of hydrogen-bond acceptors (Lipinski definition) is 6. The number of hydrogen-bond donors (Lipinski definition) is 2. The van der Waals surface area contributed by atoms with E-state index in [9.17, 15) is 19.2 Å². The van der Waals surface area contributed by atoms with E-state index in [2.05, 4.69) is 0 Å². The van der Waals surface area contributed by atoms with Gasteiger partial charge in [0.05, 0.1) is 24.2 Å². The van der Waals surface area contributed by atoms with E-state index in [1.807, 2.05) is 10.6 Å². The molecule has 4 N–H and O–H groups in total. The van der Waals surface area contributed by atoms with Crippen LogP contribution in [0, 0.1) is 0 Å². The van der Waals surface area contributed by atoms with E-state index >= 15 is 0 Å². The molecule has 1 aromatic carbocycles. The normalized spacial score (nSPS) is 29.8. The fraction of sp³-hybridized carbons (Fsp3) is 0.583. The number of nitrogens with two attached hydrogens (primary N) is 2. The standard InChI is InChI=1S/C24H30N4O6/c29-21-11-19(25-13-17-3-1-9-33-17)23(31)27(21)15-5-7-16(8-6-15)28-22(30)12-20(24(28)32)26-14-18-4-2-10-34-18/h5-8,17-20,25-26H,1-4,9-14H2/p+2/t17-,18+,19-,20-/m0/s1. The van der Waals surface area contributed by atoms with E-state index in [0.29, 0.717) is 24.5 Å². The number of nitrogens with zero attached hydrogens (tertiary/aromatic N) is 2. The average molecular weight is 473 g/mol. The zero-order valence-electron chi connectivity index (χ0n) is 19.2. The predicted octanol–water partition coefficient (Wildman–Crippen LogP) is -1.56. The molecular weight excluding hydrogens is 440 g/mol. The number of carbonyl (C=O) groups excluding carboxylic acids is 4. The average Bonchev–Trinajstić information content (AvgIpc) is 3.61. The highest BCUT2D eigenvalue weighted by atomic mass is 16.5. The van der Waals surface area contributed by atoms with Crippen LogP contribution >= 0.6 is 0 Å². The SMILES string of the molecule is O=C1C[C@H]([NH2+]C[C@H]2CCCO2)C(=O)N1c1ccc(N2C(=O)C[C@H]([NH2+]C[C@@H]3CCCO3)C2=O)cc1. The minimum Gasteiger partial charge on any atom is -0.372 e. The molecule has 0 spiro atoms. The smallest absolute Gasteiger partial charge is 0.292 e. The van der Waals surface area contributed by atoms with Crippen molar-refractivity contribution in [3.63, 3.8) is 0 Å². The van der Waals surface area contributed by atoms with Gasteiger partial charge in [0.15, 0.2) is 12.1 Å². The second-order valence-electron chi connectivity index (χ2n) is 9.49. The van der Waals surface area contributed by atoms with Crippen molar-refractivity contribution in [1.29, 1.82) is 0 Å². The first kappa shape index (κ1) is 23.1. The second-order valence-corrected chi connectivity index (χ2v) is 9.49. The van der Waals surface area contributed by atoms with E-state index in [0.717, 1.165) is 38.9 Å². The molecule has 1 aromatic rings. The van der Waals surface area contributed by atoms with Crippen molar-refractivity contribution in [1.82, 2.24) is 0 Å². The van der Waals surface area contributed by atoms with Gasteiger partial charge < -0.3 is 20.1 Å². The maximum atomic E-state index is 12.9. The van der Waals surface area contributed by atoms with Gasteiger partial charge in [-0.25, -0.2) is 9.80 Å². The molecule has 0 radical (unpaired) electrons. The fourth-order valence-electron chi connectivity index (χ4n) is 5.26. The van der Waals surface area contributed by atoms with Crippen molar-refractivity contribution in [2.75, 3.05) is 36.1 Å². The van der Waals surface area contributed by atoms with Crippen LogP contribution in [-0.4, -0.2) is 74.2 Å². The molecular formula is C24H32N4O6+2. The number of amides is 4. The van der Waals surface area contributed by atoms with E-state index in [1.165, 1.54) is 9.80 Å². The third-order valence-electron chi connectivity index (χ3n) is 7.14. The molecule has 10 heteroatoms. The summed E-state index contributed by atoms with van der Waals surface area (Å²) in [6.07, 6.45) is 4.61. The maximum absolute atomic E-state index is 12.9. The van der Waals surface area contributed by atoms with Crippen LogP contribution in [0.5, 0.6) is 0 Å². The van der Waals surface area contributed by atoms with Crippen LogP contribution in [0.4, 0.5) is 11.4 Å². The maximum Gasteiger partial charge on any atom is 0.292 e. The summed E-state index contributed by atoms with van der Waals surface area (Å²) >= 11 is 0. The highest BCUT2D eigenvalue weighted by Crippen LogP contribution is 2.27. The van der Waals surface area contributed by atoms with Crippen molar-refractivity contribution >= 4 is 35.0 Å². The summed E-state index contributed by atoms with van der Waals surface area (Å²) in [6.45, 7) is 2.84. The van der Waals surface area contributed by atoms with Crippen molar-refractivity contribution in [3.05, 3.63) is 24.3 Å². The summed E-state index contributed by atoms with van der Waals surface area (Å²) in [6, 6.07) is 5.60. The van der Waals surface area contributed by atoms with Gasteiger partial charge in [0, 0.05) is 13.2 Å². The van der Waals surface area contributed by atoms with E-state index in [4.69, 9.17) is 9.47 Å². The van der Waals surface area contributed by atoms with E-state index in [-0.39, 0.29) is 48.7 Å². The largest absolute Gasteiger partial charge is 0.372 e. The molecule has 4 aliphatic rings. The van der Waals surface area contributed by atoms with Crippen LogP contribution < -0.4 is 20.4 Å². The van der Waals surface area contributed by atoms with Gasteiger partial charge in [-0.05, 0) is 49.9 Å². The molecule has 0 unspecified atom stereocenters. The monoisotopic (exact) mass is 472 g/mol. The topological polar surface area (TPSA) is 126 Å². The zero-order chi connectivity index (χ0) is 23.7. The Morgan fingerprint density at radius 2 is 1.12 bits per heavy atom. The number of quaternary nitrogens is 2. The van der Waals surface area contributed by atoms with Gasteiger partial charge in [0.2, 0.25) is 11.8 Å². The summed E-state index contributed by atoms with van der Waals surface area (Å²) in [5.41, 5.74) is 0.903. The minimum atomic E-state index is -0.446. The van der Waals surface area contributed by atoms with Crippen molar-refractivity contribution < 1.29 is 39.3 Å². The first-order valence-corrected chi connectivity index (χ1v) is 12.2. The number of imide groups is 2. The lowest BCUT2D eigenvalue weighted by atomic mass is 10.2. The molecule has 10 nitrogen and oxygen atoms in total. The van der Waals surface area contributed by atoms with E-state index < -0.39 is 12.1 Å². The van der Waals surface area contributed by atoms with Gasteiger partial charge in [-0.3, -0.25) is 19.2 Å². The molecule has 5 rings (SSSR count). The van der Waals surface area contributed by atoms with Crippen LogP contribution in [0.1, 0.15) is 38.5 Å². The lowest BCUT2D eigenvalue weighted by Crippen LogP contribution is -2.93. The van der Waals surface area contributed by atoms with Crippen LogP contribution in [-0.2, 0) is 28.7 Å². The Bertz CT molecular complexity index is 878. The summed E-state index contributed by atoms with van der Waals surface area (Å²) < 4.78 is 11.2. The van der Waals surface area contributed by atoms with Gasteiger partial charge in [-0.2, -0.15) is 0 Å². The van der Waals surface area contributed by atoms with E-state index in [1.54, 1.807) is 24.3 Å². The molecule has 0 saturated carbocycles. The fourth-order valence-corrected chi connectivity index (χ4v) is 5.26. The van der Waals surface area contributed by atoms with Crippen LogP contribution in [0.25, 0.3) is 0 Å². The molecule has 0 aromatic heterocycles. The second kappa shape index (κ2) is 9.91. The molecule has 4 saturated heterocycles. The van der Waals surface area contributed by atoms with Crippen LogP contribution in [0.3, 0.4) is 0 Å². The Morgan fingerprint density at radius 1 is 0.706 bits per heavy atom. The molecule has 0 aliphatic carbocycles. The number of benzene rings is 1. The van der Waals surface area contributed by atoms with Gasteiger partial charge in [0.25, 0.3) is 11.8 Å². The number of anilines is 2. The molecule has 34 heavy (non-hydrogen) atoms. The molecule has 4 fully saturated rings. The van der Waals surface area contributed by atoms with Gasteiger partial charge >= 0.3 is 0 Å². The molecule has 4 aliphatic heterocycles. The number of carbonyl (C=O) groups is 4. The lowest BCUT2D eigenvalue weighted by Gasteiger charge is -2.18. The zero-order valence-corrected chi connectivity index (χ0v) is 19.2. The Morgan fingerprint density at radius 3 is 1.47 bits per heavy atom. The Kier molecular flexibility index (Phi) is 6.73. The molecule has 0 bridgehead atoms. The first-order chi connectivity index (χ1) is 16.5. The molecule has 182 valence electrons. The highest BCUT2D eigenvalue weighted by Gasteiger charge is 2.44. The van der Waals surface area contributed by atoms with Crippen LogP contribution in [0.15, 0.2) is 24.3 Å². The number of rotatable bonds is 8. The Hall–Kier alpha value is -2.66. The van der Waals surface area contributed by atoms with Crippen LogP contribution in [0.2, 0.25) is 0 Å². The third-order valence-corrected chi connectivity index (χ3v) is 7.14. The van der Waals surface area contributed by atoms with Crippen molar-refractivity contribution in [2.45, 2.75) is 62.8 Å². The number of ether oxygens (including phenoxy) is 2. The summed E-state index contributed by atoms with van der Waals surface area (Å²) in [7, 11) is 0. The third kappa shape index (κ3) is 4.63. The molecule has 4 atom stereocenters. The summed E-state index contributed by atoms with van der Waals surface area (Å²) in [4.78, 5) is 53.3. The molecule has 4 heterocycles. The highest BCUT2D eigenvalue weighted by molar-refractivity contribution is 6.23. The summed E-state index contributed by atoms with van der Waals surface area (Å²) in [5.74, 6) is -0.979.